The maximum atomic E-state index is 12.9. The molecule has 1 unspecified atom stereocenters. The van der Waals surface area contributed by atoms with Crippen molar-refractivity contribution < 1.29 is 28.6 Å². The van der Waals surface area contributed by atoms with E-state index in [1.54, 1.807) is 0 Å². The Hall–Kier alpha value is -3.93. The molecule has 80 heavy (non-hydrogen) atoms. The third-order valence-corrected chi connectivity index (χ3v) is 14.5. The molecule has 0 spiro atoms. The second-order valence-corrected chi connectivity index (χ2v) is 22.3. The first-order valence-electron chi connectivity index (χ1n) is 33.9. The van der Waals surface area contributed by atoms with Gasteiger partial charge < -0.3 is 14.2 Å². The lowest BCUT2D eigenvalue weighted by molar-refractivity contribution is -0.167. The number of carbonyl (C=O) groups excluding carboxylic acids is 3. The van der Waals surface area contributed by atoms with Crippen LogP contribution in [-0.2, 0) is 28.6 Å². The zero-order valence-corrected chi connectivity index (χ0v) is 52.6. The molecule has 458 valence electrons. The zero-order valence-electron chi connectivity index (χ0n) is 52.6. The van der Waals surface area contributed by atoms with Crippen molar-refractivity contribution in [3.8, 4) is 0 Å². The number of hydrogen-bond donors (Lipinski definition) is 0. The Kier molecular flexibility index (Phi) is 64.3. The van der Waals surface area contributed by atoms with Gasteiger partial charge in [0.2, 0.25) is 0 Å². The normalized spacial score (nSPS) is 12.8. The lowest BCUT2D eigenvalue weighted by Crippen LogP contribution is -2.30. The summed E-state index contributed by atoms with van der Waals surface area (Å²) >= 11 is 0. The molecule has 0 N–H and O–H groups in total. The maximum Gasteiger partial charge on any atom is 0.306 e. The standard InChI is InChI=1S/C74H126O6/c1-4-7-10-13-16-19-22-25-27-29-31-32-33-34-35-36-37-38-39-40-41-42-43-45-46-49-52-55-58-61-64-67-73(76)79-70-71(69-78-72(75)66-63-60-57-54-51-48-24-21-18-15-12-9-6-3)80-74(77)68-65-62-59-56-53-50-47-44-30-28-26-23-20-17-14-11-8-5-2/h7,9-10,12,16,18-19,21,25,27,31-32,34-35,37-38,48,51,71H,4-6,8,11,13-15,17,20,22-24,26,28-30,33,36,39-47,49-50,52-70H2,1-3H3/b10-7-,12-9-,19-16-,21-18-,27-25-,32-31-,35-34-,38-37-,51-48-. The lowest BCUT2D eigenvalue weighted by Gasteiger charge is -2.18. The highest BCUT2D eigenvalue weighted by Crippen LogP contribution is 2.17. The van der Waals surface area contributed by atoms with E-state index in [9.17, 15) is 14.4 Å². The Bertz CT molecular complexity index is 1610. The van der Waals surface area contributed by atoms with Crippen LogP contribution in [0, 0.1) is 0 Å². The molecule has 0 aromatic carbocycles. The highest BCUT2D eigenvalue weighted by Gasteiger charge is 2.19. The average Bonchev–Trinajstić information content (AvgIpc) is 3.46. The summed E-state index contributed by atoms with van der Waals surface area (Å²) < 4.78 is 16.9. The van der Waals surface area contributed by atoms with Crippen LogP contribution in [0.4, 0.5) is 0 Å². The predicted octanol–water partition coefficient (Wildman–Crippen LogP) is 23.4. The van der Waals surface area contributed by atoms with Crippen molar-refractivity contribution in [3.05, 3.63) is 109 Å². The van der Waals surface area contributed by atoms with E-state index in [2.05, 4.69) is 130 Å². The maximum absolute atomic E-state index is 12.9. The molecule has 0 saturated carbocycles. The number of allylic oxidation sites excluding steroid dienone is 18. The van der Waals surface area contributed by atoms with Crippen LogP contribution >= 0.6 is 0 Å². The Morgan fingerprint density at radius 1 is 0.263 bits per heavy atom. The third-order valence-electron chi connectivity index (χ3n) is 14.5. The second kappa shape index (κ2) is 67.6. The Labute approximate surface area is 495 Å². The molecule has 6 nitrogen and oxygen atoms in total. The molecule has 0 aliphatic rings. The van der Waals surface area contributed by atoms with Crippen LogP contribution < -0.4 is 0 Å². The molecule has 0 amide bonds. The van der Waals surface area contributed by atoms with Gasteiger partial charge in [-0.2, -0.15) is 0 Å². The number of rotatable bonds is 61. The predicted molar refractivity (Wildman–Crippen MR) is 348 cm³/mol. The smallest absolute Gasteiger partial charge is 0.306 e. The summed E-state index contributed by atoms with van der Waals surface area (Å²) in [5, 5.41) is 0. The monoisotopic (exact) mass is 1110 g/mol. The van der Waals surface area contributed by atoms with E-state index in [4.69, 9.17) is 14.2 Å². The first-order valence-corrected chi connectivity index (χ1v) is 33.9. The fourth-order valence-corrected chi connectivity index (χ4v) is 9.52. The summed E-state index contributed by atoms with van der Waals surface area (Å²) in [5.74, 6) is -0.905. The van der Waals surface area contributed by atoms with Gasteiger partial charge in [0, 0.05) is 19.3 Å². The molecule has 1 atom stereocenters. The number of ether oxygens (including phenoxy) is 3. The molecule has 0 bridgehead atoms. The molecule has 0 rings (SSSR count). The van der Waals surface area contributed by atoms with Crippen LogP contribution in [0.3, 0.4) is 0 Å². The van der Waals surface area contributed by atoms with Crippen molar-refractivity contribution >= 4 is 17.9 Å². The van der Waals surface area contributed by atoms with Crippen molar-refractivity contribution in [2.45, 2.75) is 329 Å². The quantitative estimate of drug-likeness (QED) is 0.0261. The lowest BCUT2D eigenvalue weighted by atomic mass is 10.0. The highest BCUT2D eigenvalue weighted by atomic mass is 16.6. The van der Waals surface area contributed by atoms with E-state index in [1.807, 2.05) is 0 Å². The van der Waals surface area contributed by atoms with Gasteiger partial charge in [-0.05, 0) is 103 Å². The van der Waals surface area contributed by atoms with Gasteiger partial charge in [-0.1, -0.05) is 310 Å². The van der Waals surface area contributed by atoms with Crippen LogP contribution in [0.25, 0.3) is 0 Å². The Morgan fingerprint density at radius 3 is 0.775 bits per heavy atom. The van der Waals surface area contributed by atoms with Crippen LogP contribution in [-0.4, -0.2) is 37.2 Å². The van der Waals surface area contributed by atoms with Crippen LogP contribution in [0.15, 0.2) is 109 Å². The van der Waals surface area contributed by atoms with Crippen molar-refractivity contribution in [2.75, 3.05) is 13.2 Å². The van der Waals surface area contributed by atoms with Crippen molar-refractivity contribution in [3.63, 3.8) is 0 Å². The number of unbranched alkanes of at least 4 members (excludes halogenated alkanes) is 32. The fourth-order valence-electron chi connectivity index (χ4n) is 9.52. The van der Waals surface area contributed by atoms with Crippen LogP contribution in [0.1, 0.15) is 323 Å². The van der Waals surface area contributed by atoms with Gasteiger partial charge in [-0.25, -0.2) is 0 Å². The Balaban J connectivity index is 4.25. The SMILES string of the molecule is CC/C=C\C/C=C\C/C=C\C/C=C\C/C=C\C/C=C\CCCCCCCCCCCCCCC(=O)OCC(COC(=O)CCCCC/C=C\C/C=C\C/C=C\CC)OC(=O)CCCCCCCCCCCCCCCCCCCC. The van der Waals surface area contributed by atoms with Crippen LogP contribution in [0.2, 0.25) is 0 Å². The van der Waals surface area contributed by atoms with Gasteiger partial charge in [0.25, 0.3) is 0 Å². The molecule has 0 heterocycles. The van der Waals surface area contributed by atoms with E-state index in [0.29, 0.717) is 19.3 Å². The molecular formula is C74H126O6. The molecular weight excluding hydrogens is 985 g/mol. The molecule has 0 aromatic rings. The first-order chi connectivity index (χ1) is 39.5. The molecule has 6 heteroatoms. The van der Waals surface area contributed by atoms with Gasteiger partial charge in [-0.3, -0.25) is 14.4 Å². The van der Waals surface area contributed by atoms with E-state index in [1.165, 1.54) is 161 Å². The number of carbonyl (C=O) groups is 3. The average molecular weight is 1110 g/mol. The minimum Gasteiger partial charge on any atom is -0.462 e. The van der Waals surface area contributed by atoms with E-state index in [0.717, 1.165) is 122 Å². The van der Waals surface area contributed by atoms with Crippen molar-refractivity contribution in [1.82, 2.24) is 0 Å². The fraction of sp³-hybridized carbons (Fsp3) is 0.716. The van der Waals surface area contributed by atoms with Gasteiger partial charge in [0.15, 0.2) is 6.10 Å². The highest BCUT2D eigenvalue weighted by molar-refractivity contribution is 5.71. The summed E-state index contributed by atoms with van der Waals surface area (Å²) in [6, 6.07) is 0. The molecule has 0 aromatic heterocycles. The zero-order chi connectivity index (χ0) is 57.8. The van der Waals surface area contributed by atoms with Gasteiger partial charge in [-0.15, -0.1) is 0 Å². The molecule has 0 aliphatic carbocycles. The second-order valence-electron chi connectivity index (χ2n) is 22.3. The molecule has 0 radical (unpaired) electrons. The first kappa shape index (κ1) is 76.1. The molecule has 0 saturated heterocycles. The van der Waals surface area contributed by atoms with Gasteiger partial charge in [0.1, 0.15) is 13.2 Å². The largest absolute Gasteiger partial charge is 0.462 e. The summed E-state index contributed by atoms with van der Waals surface area (Å²) in [6.45, 7) is 6.42. The minimum absolute atomic E-state index is 0.0859. The minimum atomic E-state index is -0.791. The van der Waals surface area contributed by atoms with E-state index < -0.39 is 6.10 Å². The topological polar surface area (TPSA) is 78.9 Å². The van der Waals surface area contributed by atoms with E-state index >= 15 is 0 Å². The van der Waals surface area contributed by atoms with Gasteiger partial charge >= 0.3 is 17.9 Å². The van der Waals surface area contributed by atoms with Crippen molar-refractivity contribution in [1.29, 1.82) is 0 Å². The van der Waals surface area contributed by atoms with Crippen LogP contribution in [0.5, 0.6) is 0 Å². The summed E-state index contributed by atoms with van der Waals surface area (Å²) in [6.07, 6.45) is 92.6. The number of esters is 3. The number of hydrogen-bond acceptors (Lipinski definition) is 6. The molecule has 0 aliphatic heterocycles. The van der Waals surface area contributed by atoms with Crippen molar-refractivity contribution in [2.24, 2.45) is 0 Å². The third kappa shape index (κ3) is 64.9. The Morgan fingerprint density at radius 2 is 0.487 bits per heavy atom. The summed E-state index contributed by atoms with van der Waals surface area (Å²) in [5.41, 5.74) is 0. The summed E-state index contributed by atoms with van der Waals surface area (Å²) in [7, 11) is 0. The van der Waals surface area contributed by atoms with Gasteiger partial charge in [0.05, 0.1) is 0 Å². The summed E-state index contributed by atoms with van der Waals surface area (Å²) in [4.78, 5) is 38.3. The molecule has 0 fully saturated rings. The van der Waals surface area contributed by atoms with E-state index in [-0.39, 0.29) is 31.1 Å².